The lowest BCUT2D eigenvalue weighted by atomic mass is 10.2. The summed E-state index contributed by atoms with van der Waals surface area (Å²) in [7, 11) is 0. The van der Waals surface area contributed by atoms with Crippen molar-refractivity contribution in [2.45, 2.75) is 50.3 Å². The van der Waals surface area contributed by atoms with Gasteiger partial charge in [-0.25, -0.2) is 0 Å². The van der Waals surface area contributed by atoms with Gasteiger partial charge < -0.3 is 9.47 Å². The summed E-state index contributed by atoms with van der Waals surface area (Å²) in [4.78, 5) is 12.3. The van der Waals surface area contributed by atoms with Gasteiger partial charge in [-0.3, -0.25) is 4.79 Å². The highest BCUT2D eigenvalue weighted by atomic mass is 32.2. The highest BCUT2D eigenvalue weighted by Crippen LogP contribution is 2.18. The molecule has 0 radical (unpaired) electrons. The fraction of sp³-hybridized carbons (Fsp3) is 0.400. The van der Waals surface area contributed by atoms with E-state index < -0.39 is 0 Å². The maximum absolute atomic E-state index is 11.1. The van der Waals surface area contributed by atoms with Crippen LogP contribution in [0.2, 0.25) is 0 Å². The van der Waals surface area contributed by atoms with Crippen molar-refractivity contribution in [2.24, 2.45) is 0 Å². The van der Waals surface area contributed by atoms with Crippen LogP contribution in [0.3, 0.4) is 0 Å². The zero-order valence-electron chi connectivity index (χ0n) is 17.1. The fourth-order valence-corrected chi connectivity index (χ4v) is 2.40. The number of hydrogen-bond acceptors (Lipinski definition) is 4. The highest BCUT2D eigenvalue weighted by molar-refractivity contribution is 7.98. The number of thioether (sulfide) groups is 1. The molecule has 0 saturated carbocycles. The van der Waals surface area contributed by atoms with Crippen LogP contribution in [0.25, 0.3) is 0 Å². The molecule has 0 saturated heterocycles. The zero-order valence-corrected chi connectivity index (χ0v) is 17.9. The predicted molar refractivity (Wildman–Crippen MR) is 119 cm³/mol. The Morgan fingerprint density at radius 3 is 2.07 bits per heavy atom. The largest absolute Gasteiger partial charge is 0.481 e. The van der Waals surface area contributed by atoms with Gasteiger partial charge in [-0.2, -0.15) is 0 Å². The topological polar surface area (TPSA) is 35.5 Å². The standard InChI is InChI=1S/C25H26O3S/c1-3-27-25(26)17-15-13-11-9-7-5-4-6-8-10-12-14-16-22-28-23-18-20-24(29-2)21-19-23/h18-21H,3,6-7,12-13,15,17,22H2,1-2H3. The number of hydrogen-bond donors (Lipinski definition) is 0. The summed E-state index contributed by atoms with van der Waals surface area (Å²) in [6, 6.07) is 7.94. The molecule has 1 aromatic carbocycles. The molecule has 0 aliphatic rings. The van der Waals surface area contributed by atoms with Crippen molar-refractivity contribution < 1.29 is 14.3 Å². The summed E-state index contributed by atoms with van der Waals surface area (Å²) in [5.74, 6) is 24.4. The second-order valence-electron chi connectivity index (χ2n) is 5.57. The molecule has 0 atom stereocenters. The third-order valence-electron chi connectivity index (χ3n) is 3.39. The van der Waals surface area contributed by atoms with Gasteiger partial charge in [0.1, 0.15) is 12.4 Å². The molecule has 150 valence electrons. The minimum atomic E-state index is -0.161. The Balaban J connectivity index is 2.08. The van der Waals surface area contributed by atoms with Crippen LogP contribution < -0.4 is 4.74 Å². The average molecular weight is 407 g/mol. The molecule has 4 heteroatoms. The van der Waals surface area contributed by atoms with Gasteiger partial charge in [0.05, 0.1) is 25.9 Å². The van der Waals surface area contributed by atoms with E-state index in [0.29, 0.717) is 45.3 Å². The van der Waals surface area contributed by atoms with Gasteiger partial charge in [0, 0.05) is 17.7 Å². The smallest absolute Gasteiger partial charge is 0.305 e. The Bertz CT molecular complexity index is 856. The summed E-state index contributed by atoms with van der Waals surface area (Å²) in [5, 5.41) is 0. The summed E-state index contributed by atoms with van der Waals surface area (Å²) in [5.41, 5.74) is 0. The Morgan fingerprint density at radius 1 is 0.897 bits per heavy atom. The average Bonchev–Trinajstić information content (AvgIpc) is 2.74. The van der Waals surface area contributed by atoms with Gasteiger partial charge in [-0.05, 0) is 43.9 Å². The fourth-order valence-electron chi connectivity index (χ4n) is 1.99. The maximum Gasteiger partial charge on any atom is 0.305 e. The van der Waals surface area contributed by atoms with Crippen LogP contribution in [-0.4, -0.2) is 25.4 Å². The van der Waals surface area contributed by atoms with Crippen LogP contribution in [0.15, 0.2) is 29.2 Å². The molecule has 0 aromatic heterocycles. The van der Waals surface area contributed by atoms with Crippen LogP contribution in [0.4, 0.5) is 0 Å². The van der Waals surface area contributed by atoms with Gasteiger partial charge in [0.2, 0.25) is 0 Å². The van der Waals surface area contributed by atoms with E-state index in [9.17, 15) is 4.79 Å². The molecule has 0 spiro atoms. The van der Waals surface area contributed by atoms with Crippen molar-refractivity contribution in [2.75, 3.05) is 19.5 Å². The first-order valence-electron chi connectivity index (χ1n) is 9.51. The van der Waals surface area contributed by atoms with Crippen LogP contribution in [0, 0.1) is 47.4 Å². The van der Waals surface area contributed by atoms with E-state index in [4.69, 9.17) is 9.47 Å². The van der Waals surface area contributed by atoms with E-state index in [1.54, 1.807) is 18.7 Å². The van der Waals surface area contributed by atoms with Gasteiger partial charge in [-0.15, -0.1) is 17.7 Å². The molecule has 29 heavy (non-hydrogen) atoms. The third kappa shape index (κ3) is 13.8. The lowest BCUT2D eigenvalue weighted by Gasteiger charge is -2.02. The van der Waals surface area contributed by atoms with Crippen molar-refractivity contribution in [1.82, 2.24) is 0 Å². The molecule has 0 amide bonds. The van der Waals surface area contributed by atoms with E-state index >= 15 is 0 Å². The number of carbonyl (C=O) groups is 1. The van der Waals surface area contributed by atoms with Crippen molar-refractivity contribution >= 4 is 17.7 Å². The zero-order chi connectivity index (χ0) is 21.0. The number of ether oxygens (including phenoxy) is 2. The van der Waals surface area contributed by atoms with Crippen LogP contribution in [0.5, 0.6) is 5.75 Å². The molecule has 0 fully saturated rings. The van der Waals surface area contributed by atoms with E-state index in [2.05, 4.69) is 47.4 Å². The van der Waals surface area contributed by atoms with Crippen LogP contribution >= 0.6 is 11.8 Å². The van der Waals surface area contributed by atoms with Crippen molar-refractivity contribution in [3.63, 3.8) is 0 Å². The molecular formula is C25H26O3S. The second kappa shape index (κ2) is 17.2. The third-order valence-corrected chi connectivity index (χ3v) is 4.13. The summed E-state index contributed by atoms with van der Waals surface area (Å²) in [6.45, 7) is 2.59. The Kier molecular flexibility index (Phi) is 14.3. The van der Waals surface area contributed by atoms with E-state index in [1.807, 2.05) is 30.5 Å². The summed E-state index contributed by atoms with van der Waals surface area (Å²) < 4.78 is 10.4. The van der Waals surface area contributed by atoms with Gasteiger partial charge >= 0.3 is 5.97 Å². The lowest BCUT2D eigenvalue weighted by Crippen LogP contribution is -2.02. The normalized spacial score (nSPS) is 8.62. The molecule has 1 rings (SSSR count). The van der Waals surface area contributed by atoms with E-state index in [1.165, 1.54) is 4.90 Å². The summed E-state index contributed by atoms with van der Waals surface area (Å²) in [6.07, 6.45) is 5.43. The van der Waals surface area contributed by atoms with E-state index in [0.717, 1.165) is 12.2 Å². The number of esters is 1. The first kappa shape index (κ1) is 24.1. The molecule has 0 heterocycles. The molecular weight excluding hydrogens is 380 g/mol. The minimum absolute atomic E-state index is 0.161. The van der Waals surface area contributed by atoms with E-state index in [-0.39, 0.29) is 5.97 Å². The Hall–Kier alpha value is -2.92. The molecule has 0 aliphatic carbocycles. The van der Waals surface area contributed by atoms with Crippen molar-refractivity contribution in [3.05, 3.63) is 24.3 Å². The molecule has 1 aromatic rings. The molecule has 0 unspecified atom stereocenters. The number of unbranched alkanes of at least 4 members (excludes halogenated alkanes) is 1. The van der Waals surface area contributed by atoms with Gasteiger partial charge in [-0.1, -0.05) is 41.4 Å². The highest BCUT2D eigenvalue weighted by Gasteiger charge is 1.98. The number of carbonyl (C=O) groups excluding carboxylic acids is 1. The number of benzene rings is 1. The van der Waals surface area contributed by atoms with Crippen LogP contribution in [-0.2, 0) is 9.53 Å². The first-order valence-corrected chi connectivity index (χ1v) is 10.7. The molecule has 0 bridgehead atoms. The van der Waals surface area contributed by atoms with Crippen LogP contribution in [0.1, 0.15) is 45.4 Å². The summed E-state index contributed by atoms with van der Waals surface area (Å²) >= 11 is 1.70. The molecule has 3 nitrogen and oxygen atoms in total. The quantitative estimate of drug-likeness (QED) is 0.284. The molecule has 0 N–H and O–H groups in total. The molecule has 0 aliphatic heterocycles. The van der Waals surface area contributed by atoms with Gasteiger partial charge in [0.15, 0.2) is 0 Å². The van der Waals surface area contributed by atoms with Crippen molar-refractivity contribution in [1.29, 1.82) is 0 Å². The predicted octanol–water partition coefficient (Wildman–Crippen LogP) is 4.70. The minimum Gasteiger partial charge on any atom is -0.481 e. The Labute approximate surface area is 179 Å². The SMILES string of the molecule is CCOC(=O)CCCC#CCC#CCC#CCC#CCOc1ccc(SC)cc1. The Morgan fingerprint density at radius 2 is 1.48 bits per heavy atom. The van der Waals surface area contributed by atoms with Crippen molar-refractivity contribution in [3.8, 4) is 53.1 Å². The van der Waals surface area contributed by atoms with Gasteiger partial charge in [0.25, 0.3) is 0 Å². The monoisotopic (exact) mass is 406 g/mol. The lowest BCUT2D eigenvalue weighted by molar-refractivity contribution is -0.143. The first-order chi connectivity index (χ1) is 14.3. The second-order valence-corrected chi connectivity index (χ2v) is 6.45. The maximum atomic E-state index is 11.1. The number of rotatable bonds is 7.